The molecular weight excluding hydrogens is 276 g/mol. The fraction of sp³-hybridized carbons (Fsp3) is 0.538. The van der Waals surface area contributed by atoms with Crippen molar-refractivity contribution in [2.75, 3.05) is 22.6 Å². The van der Waals surface area contributed by atoms with Gasteiger partial charge in [0.05, 0.1) is 5.39 Å². The monoisotopic (exact) mass is 296 g/mol. The predicted octanol–water partition coefficient (Wildman–Crippen LogP) is 3.53. The Hall–Kier alpha value is -1.01. The number of thioether (sulfide) groups is 1. The van der Waals surface area contributed by atoms with E-state index < -0.39 is 0 Å². The minimum atomic E-state index is 0.340. The number of rotatable bonds is 6. The molecule has 0 aliphatic heterocycles. The highest BCUT2D eigenvalue weighted by Gasteiger charge is 2.11. The van der Waals surface area contributed by atoms with E-state index in [1.54, 1.807) is 11.3 Å². The van der Waals surface area contributed by atoms with Crippen LogP contribution in [0.25, 0.3) is 10.2 Å². The van der Waals surface area contributed by atoms with Crippen molar-refractivity contribution in [2.45, 2.75) is 33.2 Å². The first kappa shape index (κ1) is 14.4. The van der Waals surface area contributed by atoms with Crippen LogP contribution in [0.5, 0.6) is 0 Å². The number of anilines is 2. The van der Waals surface area contributed by atoms with E-state index in [4.69, 9.17) is 5.73 Å². The zero-order valence-corrected chi connectivity index (χ0v) is 13.2. The van der Waals surface area contributed by atoms with E-state index in [9.17, 15) is 0 Å². The largest absolute Gasteiger partial charge is 0.368 e. The van der Waals surface area contributed by atoms with E-state index in [0.29, 0.717) is 12.0 Å². The molecule has 104 valence electrons. The minimum Gasteiger partial charge on any atom is -0.368 e. The molecule has 2 heterocycles. The summed E-state index contributed by atoms with van der Waals surface area (Å²) in [6, 6.07) is 2.51. The predicted molar refractivity (Wildman–Crippen MR) is 87.3 cm³/mol. The molecule has 3 N–H and O–H groups in total. The Morgan fingerprint density at radius 1 is 1.47 bits per heavy atom. The van der Waals surface area contributed by atoms with Gasteiger partial charge in [-0.25, -0.2) is 4.98 Å². The van der Waals surface area contributed by atoms with Gasteiger partial charge in [0.25, 0.3) is 0 Å². The first-order valence-corrected chi connectivity index (χ1v) is 8.45. The van der Waals surface area contributed by atoms with Crippen LogP contribution < -0.4 is 11.1 Å². The van der Waals surface area contributed by atoms with Crippen LogP contribution in [0.3, 0.4) is 0 Å². The topological polar surface area (TPSA) is 63.8 Å². The molecule has 0 spiro atoms. The Balaban J connectivity index is 2.15. The lowest BCUT2D eigenvalue weighted by Gasteiger charge is -2.14. The number of fused-ring (bicyclic) bond motifs is 1. The number of aryl methyl sites for hydroxylation is 1. The van der Waals surface area contributed by atoms with Crippen LogP contribution in [0, 0.1) is 6.92 Å². The van der Waals surface area contributed by atoms with Gasteiger partial charge in [-0.2, -0.15) is 16.7 Å². The van der Waals surface area contributed by atoms with Crippen molar-refractivity contribution < 1.29 is 0 Å². The van der Waals surface area contributed by atoms with Crippen LogP contribution in [0.2, 0.25) is 0 Å². The van der Waals surface area contributed by atoms with Crippen molar-refractivity contribution >= 4 is 45.1 Å². The van der Waals surface area contributed by atoms with Gasteiger partial charge in [0.2, 0.25) is 5.95 Å². The molecule has 0 aliphatic carbocycles. The molecule has 2 rings (SSSR count). The normalized spacial score (nSPS) is 12.8. The van der Waals surface area contributed by atoms with E-state index in [0.717, 1.165) is 28.2 Å². The molecule has 2 aromatic heterocycles. The second-order valence-electron chi connectivity index (χ2n) is 4.54. The summed E-state index contributed by atoms with van der Waals surface area (Å²) in [5.41, 5.74) is 5.77. The number of hydrogen-bond acceptors (Lipinski definition) is 6. The van der Waals surface area contributed by atoms with Crippen LogP contribution in [0.4, 0.5) is 11.8 Å². The van der Waals surface area contributed by atoms with Crippen LogP contribution in [-0.4, -0.2) is 27.5 Å². The van der Waals surface area contributed by atoms with Crippen LogP contribution in [-0.2, 0) is 0 Å². The molecule has 0 bridgehead atoms. The maximum atomic E-state index is 5.77. The molecule has 0 aromatic carbocycles. The molecule has 4 nitrogen and oxygen atoms in total. The molecule has 1 unspecified atom stereocenters. The molecular formula is C13H20N4S2. The van der Waals surface area contributed by atoms with Gasteiger partial charge in [-0.1, -0.05) is 6.92 Å². The molecule has 2 aromatic rings. The second kappa shape index (κ2) is 6.43. The Morgan fingerprint density at radius 2 is 2.26 bits per heavy atom. The summed E-state index contributed by atoms with van der Waals surface area (Å²) in [4.78, 5) is 10.8. The van der Waals surface area contributed by atoms with Gasteiger partial charge in [-0.05, 0) is 37.8 Å². The zero-order chi connectivity index (χ0) is 13.8. The molecule has 0 radical (unpaired) electrons. The number of nitrogens with zero attached hydrogens (tertiary/aromatic N) is 2. The molecule has 0 saturated carbocycles. The summed E-state index contributed by atoms with van der Waals surface area (Å²) in [6.45, 7) is 6.44. The molecule has 1 atom stereocenters. The summed E-state index contributed by atoms with van der Waals surface area (Å²) in [5, 5.41) is 4.54. The quantitative estimate of drug-likeness (QED) is 0.798. The number of hydrogen-bond donors (Lipinski definition) is 2. The van der Waals surface area contributed by atoms with Crippen molar-refractivity contribution in [3.05, 3.63) is 10.9 Å². The number of nitrogens with one attached hydrogen (secondary N) is 1. The summed E-state index contributed by atoms with van der Waals surface area (Å²) >= 11 is 3.62. The number of nitrogen functional groups attached to an aromatic ring is 1. The van der Waals surface area contributed by atoms with E-state index in [1.807, 2.05) is 11.8 Å². The Bertz CT molecular complexity index is 553. The van der Waals surface area contributed by atoms with Crippen LogP contribution >= 0.6 is 23.1 Å². The number of aromatic nitrogens is 2. The number of thiophene rings is 1. The van der Waals surface area contributed by atoms with E-state index in [1.165, 1.54) is 10.6 Å². The highest BCUT2D eigenvalue weighted by atomic mass is 32.2. The van der Waals surface area contributed by atoms with E-state index >= 15 is 0 Å². The average molecular weight is 296 g/mol. The molecule has 0 fully saturated rings. The smallest absolute Gasteiger partial charge is 0.223 e. The lowest BCUT2D eigenvalue weighted by Crippen LogP contribution is -2.17. The lowest BCUT2D eigenvalue weighted by molar-refractivity contribution is 0.768. The molecule has 0 aliphatic rings. The maximum absolute atomic E-state index is 5.77. The van der Waals surface area contributed by atoms with E-state index in [2.05, 4.69) is 42.1 Å². The van der Waals surface area contributed by atoms with Gasteiger partial charge < -0.3 is 11.1 Å². The molecule has 0 saturated heterocycles. The van der Waals surface area contributed by atoms with Crippen molar-refractivity contribution in [3.63, 3.8) is 0 Å². The van der Waals surface area contributed by atoms with Gasteiger partial charge in [0.15, 0.2) is 0 Å². The van der Waals surface area contributed by atoms with Gasteiger partial charge >= 0.3 is 0 Å². The van der Waals surface area contributed by atoms with Gasteiger partial charge in [0, 0.05) is 10.9 Å². The second-order valence-corrected chi connectivity index (χ2v) is 7.17. The van der Waals surface area contributed by atoms with Crippen LogP contribution in [0.15, 0.2) is 6.07 Å². The Morgan fingerprint density at radius 3 is 3.00 bits per heavy atom. The highest BCUT2D eigenvalue weighted by Crippen LogP contribution is 2.29. The van der Waals surface area contributed by atoms with Gasteiger partial charge in [0.1, 0.15) is 10.6 Å². The van der Waals surface area contributed by atoms with Crippen molar-refractivity contribution in [2.24, 2.45) is 0 Å². The SMILES string of the molecule is CCSCCC(C)Nc1nc(N)nc2sc(C)cc12. The standard InChI is InChI=1S/C13H20N4S2/c1-4-18-6-5-8(2)15-11-10-7-9(3)19-12(10)17-13(14)16-11/h7-8H,4-6H2,1-3H3,(H3,14,15,16,17). The third kappa shape index (κ3) is 3.73. The average Bonchev–Trinajstić information content (AvgIpc) is 2.70. The van der Waals surface area contributed by atoms with Gasteiger partial charge in [-0.15, -0.1) is 11.3 Å². The van der Waals surface area contributed by atoms with E-state index in [-0.39, 0.29) is 0 Å². The fourth-order valence-electron chi connectivity index (χ4n) is 1.88. The number of nitrogens with two attached hydrogens (primary N) is 1. The zero-order valence-electron chi connectivity index (χ0n) is 11.6. The van der Waals surface area contributed by atoms with Crippen molar-refractivity contribution in [3.8, 4) is 0 Å². The first-order valence-electron chi connectivity index (χ1n) is 6.48. The summed E-state index contributed by atoms with van der Waals surface area (Å²) in [6.07, 6.45) is 1.12. The molecule has 6 heteroatoms. The van der Waals surface area contributed by atoms with Crippen molar-refractivity contribution in [1.29, 1.82) is 0 Å². The summed E-state index contributed by atoms with van der Waals surface area (Å²) < 4.78 is 0. The third-order valence-electron chi connectivity index (χ3n) is 2.82. The highest BCUT2D eigenvalue weighted by molar-refractivity contribution is 7.99. The van der Waals surface area contributed by atoms with Crippen LogP contribution in [0.1, 0.15) is 25.1 Å². The molecule has 19 heavy (non-hydrogen) atoms. The first-order chi connectivity index (χ1) is 9.10. The van der Waals surface area contributed by atoms with Crippen molar-refractivity contribution in [1.82, 2.24) is 9.97 Å². The fourth-order valence-corrected chi connectivity index (χ4v) is 3.57. The Kier molecular flexibility index (Phi) is 4.87. The molecule has 0 amide bonds. The Labute approximate surface area is 122 Å². The lowest BCUT2D eigenvalue weighted by atomic mass is 10.2. The minimum absolute atomic E-state index is 0.340. The third-order valence-corrected chi connectivity index (χ3v) is 4.69. The maximum Gasteiger partial charge on any atom is 0.223 e. The summed E-state index contributed by atoms with van der Waals surface area (Å²) in [5.74, 6) is 3.53. The van der Waals surface area contributed by atoms with Gasteiger partial charge in [-0.3, -0.25) is 0 Å². The summed E-state index contributed by atoms with van der Waals surface area (Å²) in [7, 11) is 0.